The van der Waals surface area contributed by atoms with Crippen molar-refractivity contribution in [1.82, 2.24) is 15.0 Å². The Morgan fingerprint density at radius 3 is 2.83 bits per heavy atom. The molecule has 7 heteroatoms. The van der Waals surface area contributed by atoms with E-state index in [-0.39, 0.29) is 12.1 Å². The Morgan fingerprint density at radius 2 is 2.07 bits per heavy atom. The summed E-state index contributed by atoms with van der Waals surface area (Å²) >= 11 is 0. The molecule has 148 valence electrons. The summed E-state index contributed by atoms with van der Waals surface area (Å²) in [5.74, 6) is 0.658. The Hall–Kier alpha value is -3.48. The van der Waals surface area contributed by atoms with E-state index < -0.39 is 0 Å². The summed E-state index contributed by atoms with van der Waals surface area (Å²) < 4.78 is 0. The lowest BCUT2D eigenvalue weighted by Crippen LogP contribution is -2.42. The minimum absolute atomic E-state index is 0.00250. The van der Waals surface area contributed by atoms with Crippen LogP contribution in [-0.2, 0) is 0 Å². The minimum Gasteiger partial charge on any atom is -0.372 e. The average Bonchev–Trinajstić information content (AvgIpc) is 2.84. The second-order valence-corrected chi connectivity index (χ2v) is 7.33. The third kappa shape index (κ3) is 3.89. The SMILES string of the molecule is Cc1cc(-c2ccc3c(n2)N(C(=O)Nc2cccnc2)[C@H](C)CCN3C)ccn1. The normalized spacial score (nSPS) is 16.2. The molecular weight excluding hydrogens is 364 g/mol. The maximum Gasteiger partial charge on any atom is 0.327 e. The van der Waals surface area contributed by atoms with Gasteiger partial charge in [-0.1, -0.05) is 0 Å². The van der Waals surface area contributed by atoms with E-state index in [0.29, 0.717) is 11.5 Å². The fraction of sp³-hybridized carbons (Fsp3) is 0.273. The number of anilines is 3. The van der Waals surface area contributed by atoms with E-state index in [1.807, 2.05) is 44.3 Å². The predicted molar refractivity (Wildman–Crippen MR) is 115 cm³/mol. The van der Waals surface area contributed by atoms with Crippen molar-refractivity contribution in [2.75, 3.05) is 28.7 Å². The number of aryl methyl sites for hydroxylation is 1. The number of urea groups is 1. The summed E-state index contributed by atoms with van der Waals surface area (Å²) in [4.78, 5) is 30.4. The first-order valence-electron chi connectivity index (χ1n) is 9.68. The monoisotopic (exact) mass is 388 g/mol. The Morgan fingerprint density at radius 1 is 1.21 bits per heavy atom. The van der Waals surface area contributed by atoms with Gasteiger partial charge in [-0.3, -0.25) is 14.9 Å². The standard InChI is InChI=1S/C22H24N6O/c1-15-13-17(8-11-24-15)19-6-7-20-21(26-19)28(16(2)9-12-27(20)3)22(29)25-18-5-4-10-23-14-18/h4-8,10-11,13-14,16H,9,12H2,1-3H3,(H,25,29)/t16-/m1/s1. The van der Waals surface area contributed by atoms with E-state index >= 15 is 0 Å². The molecule has 0 unspecified atom stereocenters. The summed E-state index contributed by atoms with van der Waals surface area (Å²) in [7, 11) is 2.03. The molecular formula is C22H24N6O. The van der Waals surface area contributed by atoms with Crippen molar-refractivity contribution in [3.63, 3.8) is 0 Å². The Balaban J connectivity index is 1.76. The minimum atomic E-state index is -0.211. The zero-order valence-corrected chi connectivity index (χ0v) is 16.8. The molecule has 1 N–H and O–H groups in total. The first-order chi connectivity index (χ1) is 14.0. The third-order valence-electron chi connectivity index (χ3n) is 5.14. The van der Waals surface area contributed by atoms with Gasteiger partial charge < -0.3 is 10.2 Å². The van der Waals surface area contributed by atoms with Crippen LogP contribution in [0.25, 0.3) is 11.3 Å². The lowest BCUT2D eigenvalue weighted by molar-refractivity contribution is 0.255. The Bertz CT molecular complexity index is 1020. The Kier molecular flexibility index (Phi) is 5.12. The quantitative estimate of drug-likeness (QED) is 0.715. The third-order valence-corrected chi connectivity index (χ3v) is 5.14. The molecule has 1 atom stereocenters. The molecule has 3 aromatic heterocycles. The fourth-order valence-electron chi connectivity index (χ4n) is 3.54. The first-order valence-corrected chi connectivity index (χ1v) is 9.68. The van der Waals surface area contributed by atoms with Crippen LogP contribution in [0.3, 0.4) is 0 Å². The van der Waals surface area contributed by atoms with Crippen LogP contribution in [0, 0.1) is 6.92 Å². The van der Waals surface area contributed by atoms with E-state index in [0.717, 1.165) is 35.6 Å². The maximum absolute atomic E-state index is 13.2. The van der Waals surface area contributed by atoms with Crippen molar-refractivity contribution in [3.8, 4) is 11.3 Å². The van der Waals surface area contributed by atoms with Crippen molar-refractivity contribution < 1.29 is 4.79 Å². The lowest BCUT2D eigenvalue weighted by atomic mass is 10.1. The van der Waals surface area contributed by atoms with Gasteiger partial charge in [-0.25, -0.2) is 9.78 Å². The molecule has 3 aromatic rings. The number of amides is 2. The molecule has 0 saturated heterocycles. The zero-order valence-electron chi connectivity index (χ0n) is 16.8. The molecule has 1 aliphatic rings. The summed E-state index contributed by atoms with van der Waals surface area (Å²) in [5.41, 5.74) is 4.31. The summed E-state index contributed by atoms with van der Waals surface area (Å²) in [6.45, 7) is 4.85. The molecule has 4 rings (SSSR count). The van der Waals surface area contributed by atoms with Crippen LogP contribution in [0.2, 0.25) is 0 Å². The van der Waals surface area contributed by atoms with Crippen molar-refractivity contribution in [3.05, 3.63) is 60.7 Å². The fourth-order valence-corrected chi connectivity index (χ4v) is 3.54. The van der Waals surface area contributed by atoms with Crippen molar-refractivity contribution in [1.29, 1.82) is 0 Å². The van der Waals surface area contributed by atoms with Gasteiger partial charge in [-0.05, 0) is 56.7 Å². The summed E-state index contributed by atoms with van der Waals surface area (Å²) in [6, 6.07) is 11.4. The number of hydrogen-bond donors (Lipinski definition) is 1. The van der Waals surface area contributed by atoms with Gasteiger partial charge in [0.05, 0.1) is 23.3 Å². The molecule has 0 radical (unpaired) electrons. The van der Waals surface area contributed by atoms with Crippen LogP contribution < -0.4 is 15.1 Å². The highest BCUT2D eigenvalue weighted by molar-refractivity contribution is 6.03. The van der Waals surface area contributed by atoms with E-state index in [4.69, 9.17) is 4.98 Å². The number of carbonyl (C=O) groups excluding carboxylic acids is 1. The average molecular weight is 388 g/mol. The Labute approximate surface area is 170 Å². The molecule has 0 saturated carbocycles. The molecule has 0 spiro atoms. The molecule has 0 bridgehead atoms. The van der Waals surface area contributed by atoms with E-state index in [1.54, 1.807) is 29.6 Å². The number of hydrogen-bond acceptors (Lipinski definition) is 5. The van der Waals surface area contributed by atoms with Gasteiger partial charge in [0.15, 0.2) is 5.82 Å². The van der Waals surface area contributed by atoms with Gasteiger partial charge in [0.2, 0.25) is 0 Å². The molecule has 0 fully saturated rings. The highest BCUT2D eigenvalue weighted by Crippen LogP contribution is 2.35. The number of aromatic nitrogens is 3. The topological polar surface area (TPSA) is 74.2 Å². The molecule has 7 nitrogen and oxygen atoms in total. The van der Waals surface area contributed by atoms with Crippen molar-refractivity contribution >= 4 is 23.2 Å². The van der Waals surface area contributed by atoms with Crippen molar-refractivity contribution in [2.45, 2.75) is 26.3 Å². The largest absolute Gasteiger partial charge is 0.372 e. The van der Waals surface area contributed by atoms with Crippen LogP contribution in [0.4, 0.5) is 22.0 Å². The maximum atomic E-state index is 13.2. The molecule has 4 heterocycles. The smallest absolute Gasteiger partial charge is 0.327 e. The van der Waals surface area contributed by atoms with Gasteiger partial charge in [-0.2, -0.15) is 0 Å². The molecule has 1 aliphatic heterocycles. The van der Waals surface area contributed by atoms with Crippen LogP contribution in [0.5, 0.6) is 0 Å². The highest BCUT2D eigenvalue weighted by Gasteiger charge is 2.30. The van der Waals surface area contributed by atoms with Gasteiger partial charge in [-0.15, -0.1) is 0 Å². The van der Waals surface area contributed by atoms with Gasteiger partial charge in [0, 0.05) is 43.3 Å². The van der Waals surface area contributed by atoms with Gasteiger partial charge >= 0.3 is 6.03 Å². The van der Waals surface area contributed by atoms with Gasteiger partial charge in [0.1, 0.15) is 0 Å². The summed E-state index contributed by atoms with van der Waals surface area (Å²) in [6.07, 6.45) is 5.94. The van der Waals surface area contributed by atoms with Gasteiger partial charge in [0.25, 0.3) is 0 Å². The number of carbonyl (C=O) groups is 1. The molecule has 29 heavy (non-hydrogen) atoms. The second-order valence-electron chi connectivity index (χ2n) is 7.33. The van der Waals surface area contributed by atoms with Crippen molar-refractivity contribution in [2.24, 2.45) is 0 Å². The first kappa shape index (κ1) is 18.9. The van der Waals surface area contributed by atoms with E-state index in [2.05, 4.69) is 27.1 Å². The van der Waals surface area contributed by atoms with Crippen LogP contribution in [0.15, 0.2) is 55.0 Å². The van der Waals surface area contributed by atoms with Crippen LogP contribution in [0.1, 0.15) is 19.0 Å². The summed E-state index contributed by atoms with van der Waals surface area (Å²) in [5, 5.41) is 2.95. The lowest BCUT2D eigenvalue weighted by Gasteiger charge is -2.28. The number of nitrogens with zero attached hydrogens (tertiary/aromatic N) is 5. The number of rotatable bonds is 2. The van der Waals surface area contributed by atoms with E-state index in [9.17, 15) is 4.79 Å². The molecule has 0 aliphatic carbocycles. The zero-order chi connectivity index (χ0) is 20.4. The predicted octanol–water partition coefficient (Wildman–Crippen LogP) is 4.11. The molecule has 0 aromatic carbocycles. The van der Waals surface area contributed by atoms with E-state index in [1.165, 1.54) is 0 Å². The molecule has 2 amide bonds. The number of nitrogens with one attached hydrogen (secondary N) is 1. The second kappa shape index (κ2) is 7.87. The van der Waals surface area contributed by atoms with Crippen LogP contribution in [-0.4, -0.2) is 40.6 Å². The van der Waals surface area contributed by atoms with Crippen LogP contribution >= 0.6 is 0 Å². The number of fused-ring (bicyclic) bond motifs is 1. The highest BCUT2D eigenvalue weighted by atomic mass is 16.2. The number of pyridine rings is 3.